The van der Waals surface area contributed by atoms with Gasteiger partial charge in [0.05, 0.1) is 6.61 Å². The van der Waals surface area contributed by atoms with Crippen LogP contribution >= 0.6 is 15.9 Å². The number of furan rings is 1. The second kappa shape index (κ2) is 8.23. The molecule has 0 saturated carbocycles. The third-order valence-corrected chi connectivity index (χ3v) is 5.29. The number of rotatable bonds is 5. The number of amides is 1. The molecule has 146 valence electrons. The number of nitrogens with one attached hydrogen (secondary N) is 1. The van der Waals surface area contributed by atoms with E-state index in [2.05, 4.69) is 27.3 Å². The van der Waals surface area contributed by atoms with Crippen LogP contribution in [0, 0.1) is 20.8 Å². The molecule has 0 saturated heterocycles. The van der Waals surface area contributed by atoms with Crippen molar-refractivity contribution < 1.29 is 13.9 Å². The summed E-state index contributed by atoms with van der Waals surface area (Å²) in [6, 6.07) is 9.56. The van der Waals surface area contributed by atoms with Gasteiger partial charge < -0.3 is 14.5 Å². The maximum atomic E-state index is 12.5. The lowest BCUT2D eigenvalue weighted by Crippen LogP contribution is -2.09. The smallest absolute Gasteiger partial charge is 0.248 e. The highest BCUT2D eigenvalue weighted by molar-refractivity contribution is 9.10. The summed E-state index contributed by atoms with van der Waals surface area (Å²) in [5.74, 6) is 1.47. The number of carbonyl (C=O) groups excluding carboxylic acids is 1. The third-order valence-electron chi connectivity index (χ3n) is 4.80. The minimum Gasteiger partial charge on any atom is -0.493 e. The minimum absolute atomic E-state index is 0.184. The Bertz CT molecular complexity index is 1080. The van der Waals surface area contributed by atoms with Crippen molar-refractivity contribution >= 4 is 44.1 Å². The average Bonchev–Trinajstić information content (AvgIpc) is 2.92. The van der Waals surface area contributed by atoms with Gasteiger partial charge in [0.15, 0.2) is 0 Å². The summed E-state index contributed by atoms with van der Waals surface area (Å²) in [5, 5.41) is 3.95. The van der Waals surface area contributed by atoms with E-state index < -0.39 is 0 Å². The fraction of sp³-hybridized carbons (Fsp3) is 0.261. The second-order valence-electron chi connectivity index (χ2n) is 6.80. The van der Waals surface area contributed by atoms with Crippen molar-refractivity contribution in [2.45, 2.75) is 34.6 Å². The lowest BCUT2D eigenvalue weighted by molar-refractivity contribution is -0.111. The molecule has 0 aliphatic carbocycles. The number of fused-ring (bicyclic) bond motifs is 1. The molecule has 0 unspecified atom stereocenters. The maximum absolute atomic E-state index is 12.5. The van der Waals surface area contributed by atoms with E-state index in [-0.39, 0.29) is 5.91 Å². The summed E-state index contributed by atoms with van der Waals surface area (Å²) in [7, 11) is 0. The zero-order chi connectivity index (χ0) is 20.4. The van der Waals surface area contributed by atoms with Crippen LogP contribution in [0.15, 0.2) is 45.3 Å². The van der Waals surface area contributed by atoms with E-state index in [1.54, 1.807) is 6.08 Å². The number of hydrogen-bond acceptors (Lipinski definition) is 3. The fourth-order valence-corrected chi connectivity index (χ4v) is 3.65. The molecule has 2 aromatic carbocycles. The number of aryl methyl sites for hydroxylation is 3. The van der Waals surface area contributed by atoms with Gasteiger partial charge in [-0.25, -0.2) is 0 Å². The number of hydrogen-bond donors (Lipinski definition) is 1. The Kier molecular flexibility index (Phi) is 5.94. The average molecular weight is 442 g/mol. The van der Waals surface area contributed by atoms with Crippen LogP contribution in [0.3, 0.4) is 0 Å². The van der Waals surface area contributed by atoms with E-state index in [4.69, 9.17) is 9.15 Å². The van der Waals surface area contributed by atoms with Crippen molar-refractivity contribution in [2.24, 2.45) is 0 Å². The molecule has 0 aliphatic heterocycles. The molecule has 1 heterocycles. The molecule has 28 heavy (non-hydrogen) atoms. The van der Waals surface area contributed by atoms with Gasteiger partial charge in [0, 0.05) is 32.7 Å². The van der Waals surface area contributed by atoms with Gasteiger partial charge in [-0.05, 0) is 70.0 Å². The summed E-state index contributed by atoms with van der Waals surface area (Å²) in [6.07, 6.45) is 1.60. The lowest BCUT2D eigenvalue weighted by Gasteiger charge is -2.14. The van der Waals surface area contributed by atoms with Gasteiger partial charge in [-0.15, -0.1) is 0 Å². The monoisotopic (exact) mass is 441 g/mol. The number of halogens is 1. The molecule has 1 aromatic heterocycles. The van der Waals surface area contributed by atoms with E-state index in [9.17, 15) is 4.79 Å². The van der Waals surface area contributed by atoms with Crippen LogP contribution < -0.4 is 10.1 Å². The molecule has 0 bridgehead atoms. The van der Waals surface area contributed by atoms with Gasteiger partial charge in [-0.1, -0.05) is 22.0 Å². The molecule has 0 atom stereocenters. The van der Waals surface area contributed by atoms with E-state index in [1.807, 2.05) is 58.9 Å². The van der Waals surface area contributed by atoms with Gasteiger partial charge in [-0.2, -0.15) is 0 Å². The summed E-state index contributed by atoms with van der Waals surface area (Å²) < 4.78 is 12.8. The summed E-state index contributed by atoms with van der Waals surface area (Å²) in [4.78, 5) is 12.5. The Hall–Kier alpha value is -2.53. The Labute approximate surface area is 173 Å². The molecule has 0 fully saturated rings. The molecule has 3 rings (SSSR count). The Morgan fingerprint density at radius 2 is 1.96 bits per heavy atom. The number of allylic oxidation sites excluding steroid dienone is 1. The standard InChI is InChI=1S/C23H24BrNO3/c1-6-27-22-15(4)23-20(14(3)16(5)28-23)12-19(22)13(2)10-21(26)25-18-9-7-8-17(24)11-18/h7-12H,6H2,1-5H3,(H,25,26)/b13-10+. The summed E-state index contributed by atoms with van der Waals surface area (Å²) in [6.45, 7) is 10.4. The van der Waals surface area contributed by atoms with Crippen LogP contribution in [0.25, 0.3) is 16.5 Å². The Morgan fingerprint density at radius 1 is 1.21 bits per heavy atom. The van der Waals surface area contributed by atoms with Crippen LogP contribution in [0.2, 0.25) is 0 Å². The van der Waals surface area contributed by atoms with Crippen LogP contribution in [0.4, 0.5) is 5.69 Å². The SMILES string of the molecule is CCOc1c(/C(C)=C/C(=O)Nc2cccc(Br)c2)cc2c(C)c(C)oc2c1C. The van der Waals surface area contributed by atoms with E-state index in [1.165, 1.54) is 0 Å². The normalized spacial score (nSPS) is 11.7. The summed E-state index contributed by atoms with van der Waals surface area (Å²) >= 11 is 3.41. The minimum atomic E-state index is -0.184. The van der Waals surface area contributed by atoms with Gasteiger partial charge in [0.2, 0.25) is 5.91 Å². The van der Waals surface area contributed by atoms with Crippen molar-refractivity contribution in [3.05, 3.63) is 63.3 Å². The highest BCUT2D eigenvalue weighted by atomic mass is 79.9. The van der Waals surface area contributed by atoms with Gasteiger partial charge >= 0.3 is 0 Å². The first-order chi connectivity index (χ1) is 13.3. The van der Waals surface area contributed by atoms with Gasteiger partial charge in [-0.3, -0.25) is 4.79 Å². The van der Waals surface area contributed by atoms with E-state index >= 15 is 0 Å². The fourth-order valence-electron chi connectivity index (χ4n) is 3.25. The van der Waals surface area contributed by atoms with E-state index in [0.717, 1.165) is 54.9 Å². The molecule has 0 aliphatic rings. The number of carbonyl (C=O) groups is 1. The molecule has 4 nitrogen and oxygen atoms in total. The molecular weight excluding hydrogens is 418 g/mol. The topological polar surface area (TPSA) is 51.5 Å². The maximum Gasteiger partial charge on any atom is 0.248 e. The van der Waals surface area contributed by atoms with Gasteiger partial charge in [0.25, 0.3) is 0 Å². The number of anilines is 1. The van der Waals surface area contributed by atoms with Crippen LogP contribution in [0.5, 0.6) is 5.75 Å². The van der Waals surface area contributed by atoms with Crippen molar-refractivity contribution in [1.82, 2.24) is 0 Å². The van der Waals surface area contributed by atoms with Crippen LogP contribution in [0.1, 0.15) is 36.3 Å². The highest BCUT2D eigenvalue weighted by Crippen LogP contribution is 2.38. The zero-order valence-corrected chi connectivity index (χ0v) is 18.4. The predicted molar refractivity (Wildman–Crippen MR) is 118 cm³/mol. The van der Waals surface area contributed by atoms with Crippen molar-refractivity contribution in [1.29, 1.82) is 0 Å². The molecule has 3 aromatic rings. The second-order valence-corrected chi connectivity index (χ2v) is 7.71. The largest absolute Gasteiger partial charge is 0.493 e. The summed E-state index contributed by atoms with van der Waals surface area (Å²) in [5.41, 5.74) is 5.37. The first-order valence-corrected chi connectivity index (χ1v) is 10.0. The molecule has 0 spiro atoms. The Balaban J connectivity index is 2.02. The predicted octanol–water partition coefficient (Wildman–Crippen LogP) is 6.56. The van der Waals surface area contributed by atoms with Crippen molar-refractivity contribution in [3.8, 4) is 5.75 Å². The van der Waals surface area contributed by atoms with Crippen molar-refractivity contribution in [2.75, 3.05) is 11.9 Å². The molecule has 1 amide bonds. The molecule has 0 radical (unpaired) electrons. The quantitative estimate of drug-likeness (QED) is 0.455. The van der Waals surface area contributed by atoms with Crippen LogP contribution in [-0.4, -0.2) is 12.5 Å². The van der Waals surface area contributed by atoms with Gasteiger partial charge in [0.1, 0.15) is 17.1 Å². The molecule has 5 heteroatoms. The Morgan fingerprint density at radius 3 is 2.64 bits per heavy atom. The number of benzene rings is 2. The lowest BCUT2D eigenvalue weighted by atomic mass is 9.98. The zero-order valence-electron chi connectivity index (χ0n) is 16.8. The van der Waals surface area contributed by atoms with E-state index in [0.29, 0.717) is 6.61 Å². The molecule has 1 N–H and O–H groups in total. The first-order valence-electron chi connectivity index (χ1n) is 9.23. The van der Waals surface area contributed by atoms with Crippen LogP contribution in [-0.2, 0) is 4.79 Å². The van der Waals surface area contributed by atoms with Crippen molar-refractivity contribution in [3.63, 3.8) is 0 Å². The molecular formula is C23H24BrNO3. The third kappa shape index (κ3) is 3.99. The highest BCUT2D eigenvalue weighted by Gasteiger charge is 2.18. The number of ether oxygens (including phenoxy) is 1. The first kappa shape index (κ1) is 20.2.